The Hall–Kier alpha value is -2.05. The fourth-order valence-corrected chi connectivity index (χ4v) is 4.58. The average molecular weight is 375 g/mol. The van der Waals surface area contributed by atoms with Crippen molar-refractivity contribution in [1.82, 2.24) is 0 Å². The van der Waals surface area contributed by atoms with E-state index in [0.717, 1.165) is 23.4 Å². The number of nitrogens with zero attached hydrogens (tertiary/aromatic N) is 1. The van der Waals surface area contributed by atoms with Crippen molar-refractivity contribution >= 4 is 21.4 Å². The monoisotopic (exact) mass is 374 g/mol. The molecule has 0 bridgehead atoms. The summed E-state index contributed by atoms with van der Waals surface area (Å²) in [5.41, 5.74) is 3.28. The number of anilines is 2. The molecule has 2 aromatic carbocycles. The number of sulfonamides is 1. The minimum atomic E-state index is -3.61. The topological polar surface area (TPSA) is 58.6 Å². The van der Waals surface area contributed by atoms with Crippen LogP contribution in [0.3, 0.4) is 0 Å². The molecule has 140 valence electrons. The number of rotatable bonds is 4. The molecule has 1 N–H and O–H groups in total. The lowest BCUT2D eigenvalue weighted by atomic mass is 10.1. The second-order valence-corrected chi connectivity index (χ2v) is 8.72. The summed E-state index contributed by atoms with van der Waals surface area (Å²) in [4.78, 5) is 2.61. The van der Waals surface area contributed by atoms with Gasteiger partial charge in [-0.05, 0) is 69.2 Å². The number of hydrogen-bond acceptors (Lipinski definition) is 4. The summed E-state index contributed by atoms with van der Waals surface area (Å²) in [6.45, 7) is 9.40. The van der Waals surface area contributed by atoms with Crippen LogP contribution in [0.15, 0.2) is 47.4 Å². The highest BCUT2D eigenvalue weighted by Gasteiger charge is 2.24. The van der Waals surface area contributed by atoms with Crippen LogP contribution in [0.5, 0.6) is 0 Å². The molecule has 1 fully saturated rings. The summed E-state index contributed by atoms with van der Waals surface area (Å²) >= 11 is 0. The van der Waals surface area contributed by atoms with Gasteiger partial charge in [-0.3, -0.25) is 4.72 Å². The third-order valence-electron chi connectivity index (χ3n) is 4.69. The van der Waals surface area contributed by atoms with Gasteiger partial charge in [0.2, 0.25) is 0 Å². The molecular formula is C20H26N2O3S. The van der Waals surface area contributed by atoms with Gasteiger partial charge < -0.3 is 9.64 Å². The van der Waals surface area contributed by atoms with Crippen molar-refractivity contribution in [2.45, 2.75) is 44.7 Å². The molecule has 2 atom stereocenters. The van der Waals surface area contributed by atoms with E-state index in [1.807, 2.05) is 43.3 Å². The average Bonchev–Trinajstić information content (AvgIpc) is 2.59. The fraction of sp³-hybridized carbons (Fsp3) is 0.400. The molecule has 2 unspecified atom stereocenters. The van der Waals surface area contributed by atoms with Crippen molar-refractivity contribution in [2.24, 2.45) is 0 Å². The Morgan fingerprint density at radius 2 is 1.77 bits per heavy atom. The van der Waals surface area contributed by atoms with E-state index in [4.69, 9.17) is 4.74 Å². The normalized spacial score (nSPS) is 20.8. The second-order valence-electron chi connectivity index (χ2n) is 7.07. The molecule has 2 aromatic rings. The van der Waals surface area contributed by atoms with E-state index < -0.39 is 10.0 Å². The van der Waals surface area contributed by atoms with Gasteiger partial charge in [0.1, 0.15) is 0 Å². The third-order valence-corrected chi connectivity index (χ3v) is 6.22. The lowest BCUT2D eigenvalue weighted by Gasteiger charge is -2.38. The Kier molecular flexibility index (Phi) is 5.25. The summed E-state index contributed by atoms with van der Waals surface area (Å²) in [6.07, 6.45) is 0.189. The minimum Gasteiger partial charge on any atom is -0.375 e. The van der Waals surface area contributed by atoms with Gasteiger partial charge >= 0.3 is 0 Å². The highest BCUT2D eigenvalue weighted by Crippen LogP contribution is 2.25. The minimum absolute atomic E-state index is 0.189. The van der Waals surface area contributed by atoms with Crippen LogP contribution in [0, 0.1) is 13.8 Å². The van der Waals surface area contributed by atoms with Gasteiger partial charge in [-0.2, -0.15) is 0 Å². The molecule has 26 heavy (non-hydrogen) atoms. The number of nitrogens with one attached hydrogen (secondary N) is 1. The van der Waals surface area contributed by atoms with Crippen molar-refractivity contribution in [3.63, 3.8) is 0 Å². The molecule has 3 rings (SSSR count). The van der Waals surface area contributed by atoms with E-state index in [2.05, 4.69) is 23.5 Å². The van der Waals surface area contributed by atoms with E-state index in [-0.39, 0.29) is 6.10 Å². The third kappa shape index (κ3) is 4.02. The second kappa shape index (κ2) is 7.29. The standard InChI is InChI=1S/C20H26N2O3S/c1-14-5-6-15(2)20(11-14)26(23,24)21-18-7-9-19(10-8-18)22-12-17(4)25-13-16(22)3/h5-11,16-17,21H,12-13H2,1-4H3. The van der Waals surface area contributed by atoms with E-state index >= 15 is 0 Å². The predicted molar refractivity (Wildman–Crippen MR) is 105 cm³/mol. The van der Waals surface area contributed by atoms with Crippen molar-refractivity contribution in [3.8, 4) is 0 Å². The quantitative estimate of drug-likeness (QED) is 0.886. The smallest absolute Gasteiger partial charge is 0.262 e. The van der Waals surface area contributed by atoms with Crippen molar-refractivity contribution in [1.29, 1.82) is 0 Å². The zero-order valence-corrected chi connectivity index (χ0v) is 16.5. The first-order chi connectivity index (χ1) is 12.3. The molecule has 1 saturated heterocycles. The van der Waals surface area contributed by atoms with Crippen LogP contribution in [-0.4, -0.2) is 33.7 Å². The molecule has 0 aliphatic carbocycles. The molecular weight excluding hydrogens is 348 g/mol. The van der Waals surface area contributed by atoms with Gasteiger partial charge in [0, 0.05) is 24.0 Å². The Morgan fingerprint density at radius 3 is 2.46 bits per heavy atom. The summed E-state index contributed by atoms with van der Waals surface area (Å²) < 4.78 is 33.8. The molecule has 1 heterocycles. The molecule has 0 spiro atoms. The molecule has 1 aliphatic rings. The van der Waals surface area contributed by atoms with Crippen LogP contribution >= 0.6 is 0 Å². The van der Waals surface area contributed by atoms with E-state index in [9.17, 15) is 8.42 Å². The lowest BCUT2D eigenvalue weighted by molar-refractivity contribution is 0.0344. The Labute approximate surface area is 156 Å². The Bertz CT molecular complexity index is 878. The largest absolute Gasteiger partial charge is 0.375 e. The molecule has 5 nitrogen and oxygen atoms in total. The van der Waals surface area contributed by atoms with E-state index in [1.54, 1.807) is 13.0 Å². The van der Waals surface area contributed by atoms with Gasteiger partial charge in [0.15, 0.2) is 0 Å². The van der Waals surface area contributed by atoms with E-state index in [0.29, 0.717) is 23.2 Å². The van der Waals surface area contributed by atoms with Crippen LogP contribution in [-0.2, 0) is 14.8 Å². The summed E-state index contributed by atoms with van der Waals surface area (Å²) in [5, 5.41) is 0. The maximum atomic E-state index is 12.7. The number of benzene rings is 2. The maximum Gasteiger partial charge on any atom is 0.262 e. The van der Waals surface area contributed by atoms with Crippen LogP contribution in [0.25, 0.3) is 0 Å². The highest BCUT2D eigenvalue weighted by molar-refractivity contribution is 7.92. The number of hydrogen-bond donors (Lipinski definition) is 1. The predicted octanol–water partition coefficient (Wildman–Crippen LogP) is 3.72. The molecule has 1 aliphatic heterocycles. The molecule has 0 aromatic heterocycles. The Morgan fingerprint density at radius 1 is 1.08 bits per heavy atom. The summed E-state index contributed by atoms with van der Waals surface area (Å²) in [7, 11) is -3.61. The van der Waals surface area contributed by atoms with E-state index in [1.165, 1.54) is 0 Å². The molecule has 0 radical (unpaired) electrons. The maximum absolute atomic E-state index is 12.7. The van der Waals surface area contributed by atoms with Gasteiger partial charge in [-0.25, -0.2) is 8.42 Å². The number of ether oxygens (including phenoxy) is 1. The first-order valence-corrected chi connectivity index (χ1v) is 10.3. The Balaban J connectivity index is 1.80. The van der Waals surface area contributed by atoms with Crippen molar-refractivity contribution < 1.29 is 13.2 Å². The zero-order chi connectivity index (χ0) is 18.9. The van der Waals surface area contributed by atoms with Crippen LogP contribution in [0.4, 0.5) is 11.4 Å². The highest BCUT2D eigenvalue weighted by atomic mass is 32.2. The molecule has 0 amide bonds. The van der Waals surface area contributed by atoms with Crippen LogP contribution < -0.4 is 9.62 Å². The number of aryl methyl sites for hydroxylation is 2. The van der Waals surface area contributed by atoms with Gasteiger partial charge in [-0.15, -0.1) is 0 Å². The van der Waals surface area contributed by atoms with Gasteiger partial charge in [0.05, 0.1) is 17.6 Å². The lowest BCUT2D eigenvalue weighted by Crippen LogP contribution is -2.47. The molecule has 0 saturated carbocycles. The summed E-state index contributed by atoms with van der Waals surface area (Å²) in [5.74, 6) is 0. The fourth-order valence-electron chi connectivity index (χ4n) is 3.19. The first-order valence-electron chi connectivity index (χ1n) is 8.84. The summed E-state index contributed by atoms with van der Waals surface area (Å²) in [6, 6.07) is 13.3. The number of morpholine rings is 1. The van der Waals surface area contributed by atoms with Crippen LogP contribution in [0.1, 0.15) is 25.0 Å². The van der Waals surface area contributed by atoms with Crippen LogP contribution in [0.2, 0.25) is 0 Å². The molecule has 6 heteroatoms. The van der Waals surface area contributed by atoms with Gasteiger partial charge in [0.25, 0.3) is 10.0 Å². The zero-order valence-electron chi connectivity index (χ0n) is 15.7. The van der Waals surface area contributed by atoms with Gasteiger partial charge in [-0.1, -0.05) is 12.1 Å². The first kappa shape index (κ1) is 18.7. The van der Waals surface area contributed by atoms with Crippen molar-refractivity contribution in [3.05, 3.63) is 53.6 Å². The van der Waals surface area contributed by atoms with Crippen molar-refractivity contribution in [2.75, 3.05) is 22.8 Å². The SMILES string of the molecule is Cc1ccc(C)c(S(=O)(=O)Nc2ccc(N3CC(C)OCC3C)cc2)c1.